The van der Waals surface area contributed by atoms with Crippen LogP contribution in [0.5, 0.6) is 17.2 Å². The Morgan fingerprint density at radius 2 is 1.88 bits per heavy atom. The number of nitrogens with one attached hydrogen (secondary N) is 1. The van der Waals surface area contributed by atoms with Gasteiger partial charge >= 0.3 is 0 Å². The number of rotatable bonds is 9. The van der Waals surface area contributed by atoms with Gasteiger partial charge in [-0.3, -0.25) is 4.79 Å². The van der Waals surface area contributed by atoms with E-state index in [2.05, 4.69) is 29.3 Å². The molecule has 0 saturated carbocycles. The summed E-state index contributed by atoms with van der Waals surface area (Å²) in [6, 6.07) is 13.6. The average molecular weight is 568 g/mol. The van der Waals surface area contributed by atoms with Crippen LogP contribution in [-0.2, 0) is 11.3 Å². The first-order valence-corrected chi connectivity index (χ1v) is 10.8. The number of methoxy groups -OCH3 is 2. The topological polar surface area (TPSA) is 98.4 Å². The third kappa shape index (κ3) is 7.69. The number of aliphatic imine (C=N–C) groups is 1. The fraction of sp³-hybridized carbons (Fsp3) is 0.417. The van der Waals surface area contributed by atoms with Crippen molar-refractivity contribution in [3.8, 4) is 17.2 Å². The SMILES string of the molecule is CCNC(=NCc1cccc(OCC(N)=O)c1)N1CCC(c2cc(OC)cc(OC)c2)C1.I. The molecular weight excluding hydrogens is 535 g/mol. The van der Waals surface area contributed by atoms with Gasteiger partial charge in [-0.05, 0) is 48.7 Å². The quantitative estimate of drug-likeness (QED) is 0.274. The van der Waals surface area contributed by atoms with Gasteiger partial charge in [0.25, 0.3) is 5.91 Å². The van der Waals surface area contributed by atoms with Crippen LogP contribution >= 0.6 is 24.0 Å². The van der Waals surface area contributed by atoms with E-state index in [1.54, 1.807) is 20.3 Å². The molecule has 3 N–H and O–H groups in total. The third-order valence-corrected chi connectivity index (χ3v) is 5.36. The molecule has 1 aliphatic heterocycles. The molecule has 9 heteroatoms. The van der Waals surface area contributed by atoms with E-state index >= 15 is 0 Å². The molecule has 1 saturated heterocycles. The van der Waals surface area contributed by atoms with Crippen molar-refractivity contribution >= 4 is 35.8 Å². The van der Waals surface area contributed by atoms with Crippen molar-refractivity contribution < 1.29 is 19.0 Å². The molecule has 8 nitrogen and oxygen atoms in total. The van der Waals surface area contributed by atoms with Gasteiger partial charge in [0.2, 0.25) is 0 Å². The zero-order valence-corrected chi connectivity index (χ0v) is 21.7. The minimum atomic E-state index is -0.500. The number of halogens is 1. The fourth-order valence-corrected chi connectivity index (χ4v) is 3.77. The molecule has 1 atom stereocenters. The molecule has 33 heavy (non-hydrogen) atoms. The Kier molecular flexibility index (Phi) is 10.6. The van der Waals surface area contributed by atoms with Crippen LogP contribution in [0.15, 0.2) is 47.5 Å². The summed E-state index contributed by atoms with van der Waals surface area (Å²) < 4.78 is 16.3. The third-order valence-electron chi connectivity index (χ3n) is 5.36. The number of nitrogens with zero attached hydrogens (tertiary/aromatic N) is 2. The first-order chi connectivity index (χ1) is 15.5. The van der Waals surface area contributed by atoms with E-state index in [1.165, 1.54) is 5.56 Å². The number of carbonyl (C=O) groups excluding carboxylic acids is 1. The van der Waals surface area contributed by atoms with E-state index in [1.807, 2.05) is 24.3 Å². The molecule has 0 aromatic heterocycles. The van der Waals surface area contributed by atoms with Gasteiger partial charge in [0.15, 0.2) is 12.6 Å². The van der Waals surface area contributed by atoms with Gasteiger partial charge in [-0.1, -0.05) is 12.1 Å². The minimum Gasteiger partial charge on any atom is -0.497 e. The highest BCUT2D eigenvalue weighted by Gasteiger charge is 2.27. The molecular formula is C24H33IN4O4. The molecule has 1 aliphatic rings. The minimum absolute atomic E-state index is 0. The highest BCUT2D eigenvalue weighted by Crippen LogP contribution is 2.33. The molecule has 1 unspecified atom stereocenters. The number of hydrogen-bond acceptors (Lipinski definition) is 5. The van der Waals surface area contributed by atoms with Gasteiger partial charge in [0.1, 0.15) is 17.2 Å². The number of ether oxygens (including phenoxy) is 3. The van der Waals surface area contributed by atoms with Crippen molar-refractivity contribution in [3.05, 3.63) is 53.6 Å². The lowest BCUT2D eigenvalue weighted by molar-refractivity contribution is -0.119. The van der Waals surface area contributed by atoms with Crippen LogP contribution in [0.1, 0.15) is 30.4 Å². The maximum atomic E-state index is 10.9. The molecule has 2 aromatic carbocycles. The Balaban J connectivity index is 0.00000385. The molecule has 2 aromatic rings. The summed E-state index contributed by atoms with van der Waals surface area (Å²) in [4.78, 5) is 18.1. The molecule has 1 amide bonds. The zero-order valence-electron chi connectivity index (χ0n) is 19.4. The maximum absolute atomic E-state index is 10.9. The van der Waals surface area contributed by atoms with Gasteiger partial charge in [0, 0.05) is 31.6 Å². The second-order valence-corrected chi connectivity index (χ2v) is 7.65. The summed E-state index contributed by atoms with van der Waals surface area (Å²) in [5.74, 6) is 2.96. The van der Waals surface area contributed by atoms with E-state index in [9.17, 15) is 4.79 Å². The monoisotopic (exact) mass is 568 g/mol. The van der Waals surface area contributed by atoms with Crippen molar-refractivity contribution in [1.29, 1.82) is 0 Å². The van der Waals surface area contributed by atoms with Crippen molar-refractivity contribution in [3.63, 3.8) is 0 Å². The normalized spacial score (nSPS) is 15.5. The van der Waals surface area contributed by atoms with Crippen molar-refractivity contribution in [2.75, 3.05) is 40.5 Å². The number of nitrogens with two attached hydrogens (primary N) is 1. The lowest BCUT2D eigenvalue weighted by Crippen LogP contribution is -2.40. The van der Waals surface area contributed by atoms with Gasteiger partial charge < -0.3 is 30.2 Å². The molecule has 0 radical (unpaired) electrons. The van der Waals surface area contributed by atoms with E-state index in [0.29, 0.717) is 18.2 Å². The number of amides is 1. The molecule has 1 heterocycles. The Hall–Kier alpha value is -2.69. The zero-order chi connectivity index (χ0) is 22.9. The van der Waals surface area contributed by atoms with Crippen LogP contribution in [0.3, 0.4) is 0 Å². The van der Waals surface area contributed by atoms with Gasteiger partial charge in [-0.25, -0.2) is 4.99 Å². The van der Waals surface area contributed by atoms with E-state index in [0.717, 1.165) is 49.1 Å². The molecule has 180 valence electrons. The Labute approximate surface area is 212 Å². The largest absolute Gasteiger partial charge is 0.497 e. The number of likely N-dealkylation sites (tertiary alicyclic amines) is 1. The van der Waals surface area contributed by atoms with Crippen LogP contribution in [-0.4, -0.2) is 57.2 Å². The average Bonchev–Trinajstić information content (AvgIpc) is 3.30. The van der Waals surface area contributed by atoms with Crippen molar-refractivity contribution in [2.45, 2.75) is 25.8 Å². The second kappa shape index (κ2) is 13.1. The first kappa shape index (κ1) is 26.6. The van der Waals surface area contributed by atoms with Crippen LogP contribution < -0.4 is 25.3 Å². The van der Waals surface area contributed by atoms with Crippen LogP contribution in [0, 0.1) is 0 Å². The predicted molar refractivity (Wildman–Crippen MR) is 140 cm³/mol. The molecule has 0 aliphatic carbocycles. The lowest BCUT2D eigenvalue weighted by atomic mass is 9.98. The fourth-order valence-electron chi connectivity index (χ4n) is 3.77. The number of hydrogen-bond donors (Lipinski definition) is 2. The van der Waals surface area contributed by atoms with Crippen molar-refractivity contribution in [1.82, 2.24) is 10.2 Å². The van der Waals surface area contributed by atoms with Crippen molar-refractivity contribution in [2.24, 2.45) is 10.7 Å². The standard InChI is InChI=1S/C24H32N4O4.HI/c1-4-26-24(27-14-17-6-5-7-20(10-17)32-16-23(25)29)28-9-8-18(15-28)19-11-21(30-2)13-22(12-19)31-3;/h5-7,10-13,18H,4,8-9,14-16H2,1-3H3,(H2,25,29)(H,26,27);1H. The predicted octanol–water partition coefficient (Wildman–Crippen LogP) is 3.14. The van der Waals surface area contributed by atoms with Crippen LogP contribution in [0.25, 0.3) is 0 Å². The Morgan fingerprint density at radius 1 is 1.15 bits per heavy atom. The second-order valence-electron chi connectivity index (χ2n) is 7.65. The summed E-state index contributed by atoms with van der Waals surface area (Å²) in [5.41, 5.74) is 7.36. The van der Waals surface area contributed by atoms with Gasteiger partial charge in [-0.15, -0.1) is 24.0 Å². The highest BCUT2D eigenvalue weighted by atomic mass is 127. The summed E-state index contributed by atoms with van der Waals surface area (Å²) in [7, 11) is 3.34. The van der Waals surface area contributed by atoms with Crippen LogP contribution in [0.2, 0.25) is 0 Å². The van der Waals surface area contributed by atoms with Gasteiger partial charge in [-0.2, -0.15) is 0 Å². The number of primary amides is 1. The molecule has 3 rings (SSSR count). The summed E-state index contributed by atoms with van der Waals surface area (Å²) in [5, 5.41) is 3.40. The first-order valence-electron chi connectivity index (χ1n) is 10.8. The Morgan fingerprint density at radius 3 is 2.52 bits per heavy atom. The number of carbonyl (C=O) groups is 1. The van der Waals surface area contributed by atoms with Gasteiger partial charge in [0.05, 0.1) is 20.8 Å². The van der Waals surface area contributed by atoms with E-state index in [-0.39, 0.29) is 30.6 Å². The molecule has 0 spiro atoms. The van der Waals surface area contributed by atoms with E-state index in [4.69, 9.17) is 24.9 Å². The number of guanidine groups is 1. The molecule has 0 bridgehead atoms. The summed E-state index contributed by atoms with van der Waals surface area (Å²) in [6.07, 6.45) is 1.02. The smallest absolute Gasteiger partial charge is 0.255 e. The molecule has 1 fully saturated rings. The maximum Gasteiger partial charge on any atom is 0.255 e. The Bertz CT molecular complexity index is 932. The lowest BCUT2D eigenvalue weighted by Gasteiger charge is -2.22. The van der Waals surface area contributed by atoms with Crippen LogP contribution in [0.4, 0.5) is 0 Å². The number of benzene rings is 2. The summed E-state index contributed by atoms with van der Waals surface area (Å²) >= 11 is 0. The summed E-state index contributed by atoms with van der Waals surface area (Å²) in [6.45, 7) is 4.99. The highest BCUT2D eigenvalue weighted by molar-refractivity contribution is 14.0. The van der Waals surface area contributed by atoms with E-state index < -0.39 is 5.91 Å².